The van der Waals surface area contributed by atoms with Gasteiger partial charge in [0, 0.05) is 45.0 Å². The molecule has 1 atom stereocenters. The van der Waals surface area contributed by atoms with Crippen LogP contribution in [-0.2, 0) is 4.79 Å². The number of nitrogens with zero attached hydrogens (tertiary/aromatic N) is 3. The van der Waals surface area contributed by atoms with Gasteiger partial charge in [-0.3, -0.25) is 14.8 Å². The molecule has 2 aromatic rings. The molecule has 3 rings (SSSR count). The summed E-state index contributed by atoms with van der Waals surface area (Å²) in [6.45, 7) is 1.70. The van der Waals surface area contributed by atoms with Gasteiger partial charge in [-0.25, -0.2) is 0 Å². The molecule has 7 nitrogen and oxygen atoms in total. The highest BCUT2D eigenvalue weighted by atomic mass is 16.3. The molecule has 0 aliphatic carbocycles. The average molecular weight is 315 g/mol. The summed E-state index contributed by atoms with van der Waals surface area (Å²) >= 11 is 0. The van der Waals surface area contributed by atoms with Crippen LogP contribution in [0.2, 0.25) is 0 Å². The predicted octanol–water partition coefficient (Wildman–Crippen LogP) is 0.0360. The molecule has 4 N–H and O–H groups in total. The van der Waals surface area contributed by atoms with Crippen molar-refractivity contribution in [2.24, 2.45) is 5.73 Å². The summed E-state index contributed by atoms with van der Waals surface area (Å²) in [6.07, 6.45) is 4.35. The molecule has 2 aromatic heterocycles. The van der Waals surface area contributed by atoms with E-state index in [0.29, 0.717) is 26.1 Å². The maximum absolute atomic E-state index is 11.5. The number of amides is 1. The molecule has 0 bridgehead atoms. The molecule has 23 heavy (non-hydrogen) atoms. The molecule has 1 fully saturated rings. The summed E-state index contributed by atoms with van der Waals surface area (Å²) in [6, 6.07) is 5.68. The third kappa shape index (κ3) is 3.40. The highest BCUT2D eigenvalue weighted by Crippen LogP contribution is 2.30. The van der Waals surface area contributed by atoms with E-state index in [-0.39, 0.29) is 18.9 Å². The largest absolute Gasteiger partial charge is 0.386 e. The number of hydrogen-bond donors (Lipinski definition) is 3. The van der Waals surface area contributed by atoms with E-state index in [4.69, 9.17) is 5.73 Å². The van der Waals surface area contributed by atoms with E-state index in [9.17, 15) is 9.90 Å². The Hall–Kier alpha value is -2.25. The molecule has 1 amide bonds. The zero-order chi connectivity index (χ0) is 16.3. The van der Waals surface area contributed by atoms with Crippen LogP contribution in [0.25, 0.3) is 11.0 Å². The van der Waals surface area contributed by atoms with E-state index in [1.54, 1.807) is 12.4 Å². The second kappa shape index (κ2) is 6.47. The van der Waals surface area contributed by atoms with Crippen LogP contribution < -0.4 is 16.0 Å². The summed E-state index contributed by atoms with van der Waals surface area (Å²) in [5.74, 6) is -0.129. The van der Waals surface area contributed by atoms with Crippen LogP contribution in [0.1, 0.15) is 12.8 Å². The van der Waals surface area contributed by atoms with Gasteiger partial charge in [0.25, 0.3) is 0 Å². The Morgan fingerprint density at radius 1 is 1.39 bits per heavy atom. The number of carbonyl (C=O) groups is 1. The number of rotatable bonds is 5. The number of hydrogen-bond acceptors (Lipinski definition) is 6. The lowest BCUT2D eigenvalue weighted by atomic mass is 10.0. The minimum absolute atomic E-state index is 0.129. The van der Waals surface area contributed by atoms with E-state index in [2.05, 4.69) is 20.2 Å². The zero-order valence-electron chi connectivity index (χ0n) is 12.9. The molecule has 122 valence electrons. The van der Waals surface area contributed by atoms with Crippen LogP contribution in [0.4, 0.5) is 5.69 Å². The topological polar surface area (TPSA) is 104 Å². The van der Waals surface area contributed by atoms with Crippen LogP contribution in [0, 0.1) is 0 Å². The number of fused-ring (bicyclic) bond motifs is 1. The maximum Gasteiger partial charge on any atom is 0.221 e. The smallest absolute Gasteiger partial charge is 0.221 e. The zero-order valence-corrected chi connectivity index (χ0v) is 12.9. The van der Waals surface area contributed by atoms with Crippen molar-refractivity contribution in [3.63, 3.8) is 0 Å². The van der Waals surface area contributed by atoms with E-state index >= 15 is 0 Å². The van der Waals surface area contributed by atoms with E-state index in [1.165, 1.54) is 0 Å². The second-order valence-corrected chi connectivity index (χ2v) is 5.91. The van der Waals surface area contributed by atoms with Crippen molar-refractivity contribution in [3.05, 3.63) is 30.6 Å². The Kier molecular flexibility index (Phi) is 4.40. The van der Waals surface area contributed by atoms with Crippen LogP contribution in [-0.4, -0.2) is 52.8 Å². The molecule has 1 unspecified atom stereocenters. The lowest BCUT2D eigenvalue weighted by Crippen LogP contribution is -2.45. The van der Waals surface area contributed by atoms with Gasteiger partial charge in [0.15, 0.2) is 0 Å². The van der Waals surface area contributed by atoms with Gasteiger partial charge in [-0.1, -0.05) is 0 Å². The maximum atomic E-state index is 11.5. The number of carbonyl (C=O) groups excluding carboxylic acids is 1. The molecule has 0 saturated carbocycles. The third-order valence-electron chi connectivity index (χ3n) is 4.13. The summed E-state index contributed by atoms with van der Waals surface area (Å²) in [7, 11) is 0. The lowest BCUT2D eigenvalue weighted by Gasteiger charge is -2.25. The van der Waals surface area contributed by atoms with Crippen LogP contribution >= 0.6 is 0 Å². The van der Waals surface area contributed by atoms with Crippen LogP contribution in [0.15, 0.2) is 30.6 Å². The fraction of sp³-hybridized carbons (Fsp3) is 0.438. The number of pyridine rings is 2. The van der Waals surface area contributed by atoms with Crippen molar-refractivity contribution in [1.82, 2.24) is 15.3 Å². The first-order chi connectivity index (χ1) is 11.1. The standard InChI is InChI=1S/C16H21N5O2/c17-6-3-14(22)20-10-16(23)5-9-21(11-16)13-4-8-18-12-2-1-7-19-15(12)13/h1-2,4,7-8,23H,3,5-6,9-11,17H2,(H,20,22). The van der Waals surface area contributed by atoms with Crippen molar-refractivity contribution in [2.75, 3.05) is 31.1 Å². The van der Waals surface area contributed by atoms with Gasteiger partial charge < -0.3 is 21.1 Å². The first-order valence-electron chi connectivity index (χ1n) is 7.75. The molecule has 0 spiro atoms. The Labute approximate surface area is 134 Å². The summed E-state index contributed by atoms with van der Waals surface area (Å²) in [5, 5.41) is 13.4. The minimum atomic E-state index is -0.936. The molecule has 0 aromatic carbocycles. The van der Waals surface area contributed by atoms with Crippen molar-refractivity contribution >= 4 is 22.6 Å². The van der Waals surface area contributed by atoms with E-state index in [1.807, 2.05) is 18.2 Å². The predicted molar refractivity (Wildman–Crippen MR) is 88.0 cm³/mol. The molecular formula is C16H21N5O2. The van der Waals surface area contributed by atoms with Crippen molar-refractivity contribution in [1.29, 1.82) is 0 Å². The fourth-order valence-corrected chi connectivity index (χ4v) is 2.91. The quantitative estimate of drug-likeness (QED) is 0.719. The Morgan fingerprint density at radius 2 is 2.26 bits per heavy atom. The summed E-state index contributed by atoms with van der Waals surface area (Å²) < 4.78 is 0. The van der Waals surface area contributed by atoms with Crippen LogP contribution in [0.5, 0.6) is 0 Å². The second-order valence-electron chi connectivity index (χ2n) is 5.91. The van der Waals surface area contributed by atoms with E-state index in [0.717, 1.165) is 16.7 Å². The monoisotopic (exact) mass is 315 g/mol. The minimum Gasteiger partial charge on any atom is -0.386 e. The summed E-state index contributed by atoms with van der Waals surface area (Å²) in [5.41, 5.74) is 7.03. The van der Waals surface area contributed by atoms with Gasteiger partial charge in [0.1, 0.15) is 11.1 Å². The Balaban J connectivity index is 1.72. The van der Waals surface area contributed by atoms with Gasteiger partial charge in [0.2, 0.25) is 5.91 Å². The third-order valence-corrected chi connectivity index (χ3v) is 4.13. The highest BCUT2D eigenvalue weighted by molar-refractivity contribution is 5.87. The van der Waals surface area contributed by atoms with Crippen molar-refractivity contribution < 1.29 is 9.90 Å². The van der Waals surface area contributed by atoms with Crippen molar-refractivity contribution in [2.45, 2.75) is 18.4 Å². The van der Waals surface area contributed by atoms with Crippen molar-refractivity contribution in [3.8, 4) is 0 Å². The number of aliphatic hydroxyl groups is 1. The first kappa shape index (κ1) is 15.6. The molecule has 1 aliphatic rings. The normalized spacial score (nSPS) is 20.9. The molecule has 1 aliphatic heterocycles. The molecule has 0 radical (unpaired) electrons. The van der Waals surface area contributed by atoms with Gasteiger partial charge in [-0.15, -0.1) is 0 Å². The SMILES string of the molecule is NCCC(=O)NCC1(O)CCN(c2ccnc3cccnc23)C1. The van der Waals surface area contributed by atoms with Crippen LogP contribution in [0.3, 0.4) is 0 Å². The van der Waals surface area contributed by atoms with Gasteiger partial charge >= 0.3 is 0 Å². The van der Waals surface area contributed by atoms with Gasteiger partial charge in [-0.2, -0.15) is 0 Å². The average Bonchev–Trinajstić information content (AvgIpc) is 2.95. The molecule has 1 saturated heterocycles. The fourth-order valence-electron chi connectivity index (χ4n) is 2.91. The molecule has 3 heterocycles. The molecule has 7 heteroatoms. The van der Waals surface area contributed by atoms with E-state index < -0.39 is 5.60 Å². The first-order valence-corrected chi connectivity index (χ1v) is 7.75. The highest BCUT2D eigenvalue weighted by Gasteiger charge is 2.37. The number of nitrogens with one attached hydrogen (secondary N) is 1. The lowest BCUT2D eigenvalue weighted by molar-refractivity contribution is -0.122. The summed E-state index contributed by atoms with van der Waals surface area (Å²) in [4.78, 5) is 22.3. The Morgan fingerprint density at radius 3 is 3.09 bits per heavy atom. The number of aromatic nitrogens is 2. The van der Waals surface area contributed by atoms with Gasteiger partial charge in [0.05, 0.1) is 11.2 Å². The number of nitrogens with two attached hydrogens (primary N) is 1. The van der Waals surface area contributed by atoms with Gasteiger partial charge in [-0.05, 0) is 24.6 Å². The Bertz CT molecular complexity index is 702. The molecular weight excluding hydrogens is 294 g/mol. The number of β-amino-alcohol motifs (C(OH)–C–C–N with tert-alkyl or cyclic N) is 1. The number of anilines is 1.